The van der Waals surface area contributed by atoms with Crippen LogP contribution in [0.4, 0.5) is 0 Å². The van der Waals surface area contributed by atoms with Gasteiger partial charge < -0.3 is 9.84 Å². The van der Waals surface area contributed by atoms with Gasteiger partial charge in [0.15, 0.2) is 0 Å². The molecule has 94 valence electrons. The summed E-state index contributed by atoms with van der Waals surface area (Å²) in [5.41, 5.74) is 0. The third-order valence-corrected chi connectivity index (χ3v) is 4.34. The molecule has 2 heteroatoms. The van der Waals surface area contributed by atoms with Crippen LogP contribution < -0.4 is 0 Å². The number of ether oxygens (including phenoxy) is 1. The Labute approximate surface area is 99.4 Å². The topological polar surface area (TPSA) is 29.5 Å². The molecule has 2 fully saturated rings. The van der Waals surface area contributed by atoms with Crippen molar-refractivity contribution in [1.29, 1.82) is 0 Å². The van der Waals surface area contributed by atoms with Crippen molar-refractivity contribution >= 4 is 0 Å². The van der Waals surface area contributed by atoms with E-state index < -0.39 is 0 Å². The first-order valence-corrected chi connectivity index (χ1v) is 7.12. The van der Waals surface area contributed by atoms with Crippen molar-refractivity contribution in [3.05, 3.63) is 0 Å². The minimum atomic E-state index is -0.109. The molecule has 2 rings (SSSR count). The van der Waals surface area contributed by atoms with Gasteiger partial charge in [0.25, 0.3) is 0 Å². The predicted octanol–water partition coefficient (Wildman–Crippen LogP) is 3.13. The molecule has 1 saturated carbocycles. The summed E-state index contributed by atoms with van der Waals surface area (Å²) in [7, 11) is 0. The van der Waals surface area contributed by atoms with Gasteiger partial charge in [0.2, 0.25) is 0 Å². The van der Waals surface area contributed by atoms with Crippen LogP contribution in [-0.2, 0) is 4.74 Å². The minimum Gasteiger partial charge on any atom is -0.393 e. The largest absolute Gasteiger partial charge is 0.393 e. The monoisotopic (exact) mass is 226 g/mol. The molecule has 1 aliphatic heterocycles. The lowest BCUT2D eigenvalue weighted by Crippen LogP contribution is -2.29. The third-order valence-electron chi connectivity index (χ3n) is 4.34. The molecule has 0 aromatic heterocycles. The molecular weight excluding hydrogens is 200 g/mol. The number of hydrogen-bond acceptors (Lipinski definition) is 2. The molecule has 1 N–H and O–H groups in total. The quantitative estimate of drug-likeness (QED) is 0.798. The summed E-state index contributed by atoms with van der Waals surface area (Å²) in [6.45, 7) is 1.68. The van der Waals surface area contributed by atoms with Gasteiger partial charge in [-0.25, -0.2) is 0 Å². The van der Waals surface area contributed by atoms with Gasteiger partial charge in [-0.1, -0.05) is 32.1 Å². The number of aliphatic hydroxyl groups is 1. The summed E-state index contributed by atoms with van der Waals surface area (Å²) in [6, 6.07) is 0. The third kappa shape index (κ3) is 3.74. The maximum Gasteiger partial charge on any atom is 0.0590 e. The van der Waals surface area contributed by atoms with E-state index in [2.05, 4.69) is 0 Å². The summed E-state index contributed by atoms with van der Waals surface area (Å²) in [4.78, 5) is 0. The average molecular weight is 226 g/mol. The van der Waals surface area contributed by atoms with E-state index in [0.29, 0.717) is 5.92 Å². The van der Waals surface area contributed by atoms with Crippen LogP contribution in [-0.4, -0.2) is 24.4 Å². The molecule has 16 heavy (non-hydrogen) atoms. The van der Waals surface area contributed by atoms with Crippen molar-refractivity contribution in [2.45, 2.75) is 63.9 Å². The van der Waals surface area contributed by atoms with Gasteiger partial charge in [0.05, 0.1) is 12.7 Å². The van der Waals surface area contributed by atoms with Crippen molar-refractivity contribution in [3.63, 3.8) is 0 Å². The summed E-state index contributed by atoms with van der Waals surface area (Å²) in [5, 5.41) is 10.1. The van der Waals surface area contributed by atoms with Crippen molar-refractivity contribution in [2.75, 3.05) is 13.2 Å². The normalized spacial score (nSPS) is 30.2. The first kappa shape index (κ1) is 12.4. The zero-order valence-electron chi connectivity index (χ0n) is 10.4. The molecule has 0 amide bonds. The summed E-state index contributed by atoms with van der Waals surface area (Å²) < 4.78 is 5.44. The molecule has 0 spiro atoms. The Morgan fingerprint density at radius 3 is 2.56 bits per heavy atom. The van der Waals surface area contributed by atoms with E-state index in [1.165, 1.54) is 38.5 Å². The molecule has 1 aliphatic carbocycles. The Kier molecular flexibility index (Phi) is 5.11. The molecule has 0 aromatic rings. The van der Waals surface area contributed by atoms with Crippen molar-refractivity contribution in [3.8, 4) is 0 Å². The Hall–Kier alpha value is -0.0800. The van der Waals surface area contributed by atoms with Crippen molar-refractivity contribution in [2.24, 2.45) is 11.8 Å². The highest BCUT2D eigenvalue weighted by Gasteiger charge is 2.23. The fourth-order valence-electron chi connectivity index (χ4n) is 3.19. The van der Waals surface area contributed by atoms with Crippen LogP contribution in [0.3, 0.4) is 0 Å². The molecule has 0 bridgehead atoms. The lowest BCUT2D eigenvalue weighted by Gasteiger charge is -2.28. The lowest BCUT2D eigenvalue weighted by atomic mass is 9.83. The van der Waals surface area contributed by atoms with Gasteiger partial charge in [0, 0.05) is 12.5 Å². The maximum absolute atomic E-state index is 10.1. The molecule has 2 aliphatic rings. The van der Waals surface area contributed by atoms with Gasteiger partial charge in [-0.05, 0) is 31.6 Å². The average Bonchev–Trinajstić information content (AvgIpc) is 2.38. The van der Waals surface area contributed by atoms with Crippen LogP contribution in [0.2, 0.25) is 0 Å². The molecule has 0 aromatic carbocycles. The van der Waals surface area contributed by atoms with E-state index in [4.69, 9.17) is 4.74 Å². The summed E-state index contributed by atoms with van der Waals surface area (Å²) in [6.07, 6.45) is 11.5. The van der Waals surface area contributed by atoms with Crippen LogP contribution in [0.25, 0.3) is 0 Å². The van der Waals surface area contributed by atoms with Crippen LogP contribution in [0, 0.1) is 11.8 Å². The van der Waals surface area contributed by atoms with Gasteiger partial charge in [-0.15, -0.1) is 0 Å². The lowest BCUT2D eigenvalue weighted by molar-refractivity contribution is -0.0143. The maximum atomic E-state index is 10.1. The number of aliphatic hydroxyl groups excluding tert-OH is 1. The molecule has 0 radical (unpaired) electrons. The number of hydrogen-bond donors (Lipinski definition) is 1. The minimum absolute atomic E-state index is 0.109. The zero-order valence-corrected chi connectivity index (χ0v) is 10.4. The van der Waals surface area contributed by atoms with E-state index in [1.54, 1.807) is 0 Å². The molecule has 2 nitrogen and oxygen atoms in total. The Morgan fingerprint density at radius 1 is 1.06 bits per heavy atom. The summed E-state index contributed by atoms with van der Waals surface area (Å²) in [5.74, 6) is 1.31. The molecule has 1 heterocycles. The highest BCUT2D eigenvalue weighted by atomic mass is 16.5. The van der Waals surface area contributed by atoms with E-state index in [0.717, 1.165) is 38.4 Å². The second kappa shape index (κ2) is 6.61. The van der Waals surface area contributed by atoms with Gasteiger partial charge in [-0.2, -0.15) is 0 Å². The fraction of sp³-hybridized carbons (Fsp3) is 1.00. The van der Waals surface area contributed by atoms with E-state index in [9.17, 15) is 5.11 Å². The van der Waals surface area contributed by atoms with E-state index in [1.807, 2.05) is 0 Å². The van der Waals surface area contributed by atoms with Crippen molar-refractivity contribution in [1.82, 2.24) is 0 Å². The molecular formula is C14H26O2. The fourth-order valence-corrected chi connectivity index (χ4v) is 3.19. The van der Waals surface area contributed by atoms with Crippen LogP contribution in [0.1, 0.15) is 57.8 Å². The van der Waals surface area contributed by atoms with Crippen LogP contribution >= 0.6 is 0 Å². The second-order valence-electron chi connectivity index (χ2n) is 5.63. The zero-order chi connectivity index (χ0) is 11.2. The number of rotatable bonds is 4. The Morgan fingerprint density at radius 2 is 1.88 bits per heavy atom. The van der Waals surface area contributed by atoms with Crippen LogP contribution in [0.5, 0.6) is 0 Å². The van der Waals surface area contributed by atoms with Crippen LogP contribution in [0.15, 0.2) is 0 Å². The first-order valence-electron chi connectivity index (χ1n) is 7.12. The van der Waals surface area contributed by atoms with Gasteiger partial charge in [-0.3, -0.25) is 0 Å². The van der Waals surface area contributed by atoms with Gasteiger partial charge in [0.1, 0.15) is 0 Å². The Bertz CT molecular complexity index is 181. The smallest absolute Gasteiger partial charge is 0.0590 e. The molecule has 2 atom stereocenters. The van der Waals surface area contributed by atoms with Crippen molar-refractivity contribution < 1.29 is 9.84 Å². The molecule has 2 unspecified atom stereocenters. The highest BCUT2D eigenvalue weighted by molar-refractivity contribution is 4.74. The first-order chi connectivity index (χ1) is 7.86. The van der Waals surface area contributed by atoms with E-state index >= 15 is 0 Å². The summed E-state index contributed by atoms with van der Waals surface area (Å²) >= 11 is 0. The standard InChI is InChI=1S/C14H26O2/c15-14(13-7-4-10-16-11-13)9-8-12-5-2-1-3-6-12/h12-15H,1-11H2. The molecule has 1 saturated heterocycles. The highest BCUT2D eigenvalue weighted by Crippen LogP contribution is 2.29. The second-order valence-corrected chi connectivity index (χ2v) is 5.63. The van der Waals surface area contributed by atoms with Gasteiger partial charge >= 0.3 is 0 Å². The SMILES string of the molecule is OC(CCC1CCCCC1)C1CCCOC1. The van der Waals surface area contributed by atoms with E-state index in [-0.39, 0.29) is 6.10 Å². The Balaban J connectivity index is 1.63. The predicted molar refractivity (Wildman–Crippen MR) is 65.4 cm³/mol.